The molecular weight excluding hydrogens is 260 g/mol. The smallest absolute Gasteiger partial charge is 0.338 e. The maximum absolute atomic E-state index is 11.5. The van der Waals surface area contributed by atoms with Crippen molar-refractivity contribution in [2.75, 3.05) is 0 Å². The SMILES string of the molecule is C[C@]1(C(=O)O)O[C@H](n2ccc(=O)[nH]c2=O)C(O)C1O. The van der Waals surface area contributed by atoms with Crippen LogP contribution in [0, 0.1) is 0 Å². The van der Waals surface area contributed by atoms with E-state index in [1.54, 1.807) is 0 Å². The minimum atomic E-state index is -2.04. The van der Waals surface area contributed by atoms with Gasteiger partial charge in [0.15, 0.2) is 11.8 Å². The minimum Gasteiger partial charge on any atom is -0.479 e. The van der Waals surface area contributed by atoms with Gasteiger partial charge in [0.25, 0.3) is 5.56 Å². The van der Waals surface area contributed by atoms with Gasteiger partial charge in [0, 0.05) is 12.3 Å². The molecule has 104 valence electrons. The number of nitrogens with zero attached hydrogens (tertiary/aromatic N) is 1. The van der Waals surface area contributed by atoms with Gasteiger partial charge >= 0.3 is 11.7 Å². The summed E-state index contributed by atoms with van der Waals surface area (Å²) in [5, 5.41) is 28.5. The highest BCUT2D eigenvalue weighted by molar-refractivity contribution is 5.78. The number of aliphatic hydroxyl groups excluding tert-OH is 2. The Bertz CT molecular complexity index is 621. The second-order valence-corrected chi connectivity index (χ2v) is 4.37. The maximum Gasteiger partial charge on any atom is 0.338 e. The normalized spacial score (nSPS) is 34.4. The molecule has 0 amide bonds. The van der Waals surface area contributed by atoms with Crippen LogP contribution in [0.2, 0.25) is 0 Å². The number of nitrogens with one attached hydrogen (secondary N) is 1. The Hall–Kier alpha value is -1.97. The van der Waals surface area contributed by atoms with E-state index in [0.29, 0.717) is 0 Å². The number of carbonyl (C=O) groups is 1. The number of carboxylic acid groups (broad SMARTS) is 1. The first-order valence-electron chi connectivity index (χ1n) is 5.36. The number of aromatic nitrogens is 2. The van der Waals surface area contributed by atoms with Crippen molar-refractivity contribution in [3.05, 3.63) is 33.1 Å². The molecule has 9 heteroatoms. The molecule has 0 radical (unpaired) electrons. The first-order chi connectivity index (χ1) is 8.77. The monoisotopic (exact) mass is 272 g/mol. The third kappa shape index (κ3) is 1.97. The standard InChI is InChI=1S/C10H12N2O7/c1-10(8(16)17)6(15)5(14)7(19-10)12-3-2-4(13)11-9(12)18/h2-3,5-7,14-15H,1H3,(H,16,17)(H,11,13,18)/t5?,6?,7-,10-/m0/s1. The fourth-order valence-electron chi connectivity index (χ4n) is 1.90. The molecule has 1 aromatic rings. The molecule has 9 nitrogen and oxygen atoms in total. The highest BCUT2D eigenvalue weighted by Crippen LogP contribution is 2.36. The molecule has 2 heterocycles. The van der Waals surface area contributed by atoms with Crippen LogP contribution in [0.25, 0.3) is 0 Å². The summed E-state index contributed by atoms with van der Waals surface area (Å²) in [6.07, 6.45) is -3.69. The Morgan fingerprint density at radius 3 is 2.58 bits per heavy atom. The van der Waals surface area contributed by atoms with Gasteiger partial charge in [0.2, 0.25) is 0 Å². The van der Waals surface area contributed by atoms with Gasteiger partial charge in [-0.25, -0.2) is 9.59 Å². The molecule has 1 aromatic heterocycles. The predicted molar refractivity (Wildman–Crippen MR) is 59.5 cm³/mol. The molecule has 0 spiro atoms. The molecule has 1 aliphatic heterocycles. The second-order valence-electron chi connectivity index (χ2n) is 4.37. The zero-order chi connectivity index (χ0) is 14.4. The van der Waals surface area contributed by atoms with E-state index in [9.17, 15) is 24.6 Å². The average molecular weight is 272 g/mol. The van der Waals surface area contributed by atoms with Crippen molar-refractivity contribution in [3.63, 3.8) is 0 Å². The van der Waals surface area contributed by atoms with E-state index in [0.717, 1.165) is 23.8 Å². The van der Waals surface area contributed by atoms with E-state index in [4.69, 9.17) is 9.84 Å². The van der Waals surface area contributed by atoms with Crippen molar-refractivity contribution in [3.8, 4) is 0 Å². The van der Waals surface area contributed by atoms with Gasteiger partial charge < -0.3 is 20.1 Å². The number of aliphatic carboxylic acids is 1. The fourth-order valence-corrected chi connectivity index (χ4v) is 1.90. The van der Waals surface area contributed by atoms with Crippen LogP contribution in [0.4, 0.5) is 0 Å². The predicted octanol–water partition coefficient (Wildman–Crippen LogP) is -2.37. The summed E-state index contributed by atoms with van der Waals surface area (Å²) in [4.78, 5) is 35.5. The van der Waals surface area contributed by atoms with Gasteiger partial charge in [-0.15, -0.1) is 0 Å². The van der Waals surface area contributed by atoms with Crippen molar-refractivity contribution in [2.24, 2.45) is 0 Å². The van der Waals surface area contributed by atoms with Crippen LogP contribution in [0.5, 0.6) is 0 Å². The largest absolute Gasteiger partial charge is 0.479 e. The molecule has 0 aromatic carbocycles. The Labute approximate surface area is 105 Å². The number of carboxylic acids is 1. The van der Waals surface area contributed by atoms with E-state index in [1.807, 2.05) is 4.98 Å². The summed E-state index contributed by atoms with van der Waals surface area (Å²) in [5.41, 5.74) is -3.56. The number of H-pyrrole nitrogens is 1. The molecule has 0 bridgehead atoms. The average Bonchev–Trinajstić information content (AvgIpc) is 2.55. The van der Waals surface area contributed by atoms with E-state index in [2.05, 4.69) is 0 Å². The molecule has 4 atom stereocenters. The third-order valence-corrected chi connectivity index (χ3v) is 3.10. The van der Waals surface area contributed by atoms with Gasteiger partial charge in [-0.05, 0) is 6.92 Å². The molecule has 0 saturated carbocycles. The first-order valence-corrected chi connectivity index (χ1v) is 5.36. The van der Waals surface area contributed by atoms with Gasteiger partial charge in [-0.1, -0.05) is 0 Å². The molecule has 2 rings (SSSR count). The van der Waals surface area contributed by atoms with Gasteiger partial charge in [-0.2, -0.15) is 0 Å². The van der Waals surface area contributed by atoms with E-state index < -0.39 is 41.3 Å². The highest BCUT2D eigenvalue weighted by Gasteiger charge is 2.57. The van der Waals surface area contributed by atoms with Crippen LogP contribution in [0.3, 0.4) is 0 Å². The Balaban J connectivity index is 2.45. The van der Waals surface area contributed by atoms with Gasteiger partial charge in [0.05, 0.1) is 0 Å². The molecule has 19 heavy (non-hydrogen) atoms. The van der Waals surface area contributed by atoms with Crippen LogP contribution < -0.4 is 11.2 Å². The summed E-state index contributed by atoms with van der Waals surface area (Å²) in [6.45, 7) is 1.08. The van der Waals surface area contributed by atoms with Crippen molar-refractivity contribution >= 4 is 5.97 Å². The zero-order valence-electron chi connectivity index (χ0n) is 9.81. The second kappa shape index (κ2) is 4.30. The van der Waals surface area contributed by atoms with Gasteiger partial charge in [0.1, 0.15) is 12.2 Å². The van der Waals surface area contributed by atoms with Crippen molar-refractivity contribution < 1.29 is 24.9 Å². The van der Waals surface area contributed by atoms with Crippen molar-refractivity contribution in [1.82, 2.24) is 9.55 Å². The minimum absolute atomic E-state index is 0.643. The highest BCUT2D eigenvalue weighted by atomic mass is 16.6. The lowest BCUT2D eigenvalue weighted by Crippen LogP contribution is -2.47. The summed E-state index contributed by atoms with van der Waals surface area (Å²) < 4.78 is 5.89. The Kier molecular flexibility index (Phi) is 3.04. The molecule has 1 saturated heterocycles. The summed E-state index contributed by atoms with van der Waals surface area (Å²) >= 11 is 0. The van der Waals surface area contributed by atoms with Crippen LogP contribution in [-0.4, -0.2) is 48.6 Å². The summed E-state index contributed by atoms with van der Waals surface area (Å²) in [5.74, 6) is -1.47. The number of aromatic amines is 1. The number of ether oxygens (including phenoxy) is 1. The number of hydrogen-bond donors (Lipinski definition) is 4. The number of aliphatic hydroxyl groups is 2. The third-order valence-electron chi connectivity index (χ3n) is 3.10. The van der Waals surface area contributed by atoms with Crippen LogP contribution in [0.1, 0.15) is 13.2 Å². The van der Waals surface area contributed by atoms with Crippen LogP contribution in [0.15, 0.2) is 21.9 Å². The number of hydrogen-bond acceptors (Lipinski definition) is 6. The number of rotatable bonds is 2. The zero-order valence-corrected chi connectivity index (χ0v) is 9.81. The Morgan fingerprint density at radius 1 is 1.47 bits per heavy atom. The van der Waals surface area contributed by atoms with Crippen LogP contribution in [-0.2, 0) is 9.53 Å². The van der Waals surface area contributed by atoms with E-state index in [-0.39, 0.29) is 0 Å². The van der Waals surface area contributed by atoms with Crippen molar-refractivity contribution in [1.29, 1.82) is 0 Å². The van der Waals surface area contributed by atoms with Crippen LogP contribution >= 0.6 is 0 Å². The Morgan fingerprint density at radius 2 is 2.11 bits per heavy atom. The summed E-state index contributed by atoms with van der Waals surface area (Å²) in [7, 11) is 0. The summed E-state index contributed by atoms with van der Waals surface area (Å²) in [6, 6.07) is 1.01. The molecule has 1 fully saturated rings. The topological polar surface area (TPSA) is 142 Å². The molecule has 0 aliphatic carbocycles. The van der Waals surface area contributed by atoms with Gasteiger partial charge in [-0.3, -0.25) is 14.3 Å². The molecule has 4 N–H and O–H groups in total. The lowest BCUT2D eigenvalue weighted by Gasteiger charge is -2.21. The molecule has 2 unspecified atom stereocenters. The quantitative estimate of drug-likeness (QED) is 0.471. The molecule has 1 aliphatic rings. The maximum atomic E-state index is 11.5. The first kappa shape index (κ1) is 13.5. The van der Waals surface area contributed by atoms with Crippen molar-refractivity contribution in [2.45, 2.75) is 31.0 Å². The van der Waals surface area contributed by atoms with E-state index >= 15 is 0 Å². The lowest BCUT2D eigenvalue weighted by molar-refractivity contribution is -0.173. The fraction of sp³-hybridized carbons (Fsp3) is 0.500. The lowest BCUT2D eigenvalue weighted by atomic mass is 9.98. The molecular formula is C10H12N2O7. The van der Waals surface area contributed by atoms with E-state index in [1.165, 1.54) is 0 Å².